The van der Waals surface area contributed by atoms with Crippen LogP contribution in [0.2, 0.25) is 0 Å². The normalized spacial score (nSPS) is 24.9. The Morgan fingerprint density at radius 1 is 1.17 bits per heavy atom. The Balaban J connectivity index is 2.02. The number of hydrogen-bond acceptors (Lipinski definition) is 2. The highest BCUT2D eigenvalue weighted by Gasteiger charge is 2.21. The molecule has 100 valence electrons. The van der Waals surface area contributed by atoms with Gasteiger partial charge in [-0.25, -0.2) is 0 Å². The Morgan fingerprint density at radius 2 is 1.83 bits per heavy atom. The molecule has 1 aliphatic rings. The second-order valence-electron chi connectivity index (χ2n) is 6.30. The molecule has 1 heterocycles. The minimum atomic E-state index is 0.243. The highest BCUT2D eigenvalue weighted by atomic mass is 32.2. The summed E-state index contributed by atoms with van der Waals surface area (Å²) in [5.74, 6) is 1.32. The van der Waals surface area contributed by atoms with Gasteiger partial charge in [0.1, 0.15) is 0 Å². The summed E-state index contributed by atoms with van der Waals surface area (Å²) in [7, 11) is 0. The molecule has 1 saturated heterocycles. The highest BCUT2D eigenvalue weighted by molar-refractivity contribution is 8.00. The Morgan fingerprint density at radius 3 is 2.39 bits per heavy atom. The Labute approximate surface area is 116 Å². The minimum absolute atomic E-state index is 0.243. The first-order valence-electron chi connectivity index (χ1n) is 6.95. The maximum atomic E-state index is 3.69. The predicted molar refractivity (Wildman–Crippen MR) is 83.7 cm³/mol. The van der Waals surface area contributed by atoms with E-state index in [1.807, 2.05) is 0 Å². The number of hydrogen-bond donors (Lipinski definition) is 1. The van der Waals surface area contributed by atoms with Crippen molar-refractivity contribution >= 4 is 17.4 Å². The van der Waals surface area contributed by atoms with E-state index in [0.717, 1.165) is 5.25 Å². The van der Waals surface area contributed by atoms with E-state index in [1.165, 1.54) is 29.8 Å². The summed E-state index contributed by atoms with van der Waals surface area (Å²) in [5, 5.41) is 4.41. The lowest BCUT2D eigenvalue weighted by Crippen LogP contribution is -2.32. The first-order chi connectivity index (χ1) is 8.47. The fraction of sp³-hybridized carbons (Fsp3) is 0.625. The maximum Gasteiger partial charge on any atom is 0.0377 e. The van der Waals surface area contributed by atoms with Crippen molar-refractivity contribution in [1.29, 1.82) is 0 Å². The standard InChI is InChI=1S/C16H25NS/c1-12-15(6-5-11-18-12)17-14-9-7-13(8-10-14)16(2,3)4/h7-10,12,15,17H,5-6,11H2,1-4H3. The molecule has 2 rings (SSSR count). The van der Waals surface area contributed by atoms with Crippen LogP contribution >= 0.6 is 11.8 Å². The third-order valence-electron chi connectivity index (χ3n) is 3.71. The second-order valence-corrected chi connectivity index (χ2v) is 7.78. The van der Waals surface area contributed by atoms with E-state index in [2.05, 4.69) is 69.0 Å². The first-order valence-corrected chi connectivity index (χ1v) is 8.00. The lowest BCUT2D eigenvalue weighted by Gasteiger charge is -2.30. The fourth-order valence-electron chi connectivity index (χ4n) is 2.39. The zero-order chi connectivity index (χ0) is 13.2. The molecule has 0 amide bonds. The monoisotopic (exact) mass is 263 g/mol. The van der Waals surface area contributed by atoms with Gasteiger partial charge in [-0.15, -0.1) is 0 Å². The minimum Gasteiger partial charge on any atom is -0.381 e. The summed E-state index contributed by atoms with van der Waals surface area (Å²) in [6, 6.07) is 9.59. The van der Waals surface area contributed by atoms with E-state index in [4.69, 9.17) is 0 Å². The van der Waals surface area contributed by atoms with Crippen LogP contribution in [0.4, 0.5) is 5.69 Å². The molecule has 1 N–H and O–H groups in total. The number of anilines is 1. The summed E-state index contributed by atoms with van der Waals surface area (Å²) in [6.45, 7) is 9.12. The van der Waals surface area contributed by atoms with Crippen molar-refractivity contribution in [2.24, 2.45) is 0 Å². The van der Waals surface area contributed by atoms with E-state index in [0.29, 0.717) is 6.04 Å². The van der Waals surface area contributed by atoms with Crippen molar-refractivity contribution in [3.05, 3.63) is 29.8 Å². The van der Waals surface area contributed by atoms with Crippen LogP contribution in [0.25, 0.3) is 0 Å². The molecule has 1 aromatic rings. The van der Waals surface area contributed by atoms with E-state index in [9.17, 15) is 0 Å². The van der Waals surface area contributed by atoms with Gasteiger partial charge < -0.3 is 5.32 Å². The van der Waals surface area contributed by atoms with Gasteiger partial charge in [0.25, 0.3) is 0 Å². The van der Waals surface area contributed by atoms with Crippen molar-refractivity contribution in [2.75, 3.05) is 11.1 Å². The molecular formula is C16H25NS. The van der Waals surface area contributed by atoms with Crippen molar-refractivity contribution in [2.45, 2.75) is 57.2 Å². The van der Waals surface area contributed by atoms with E-state index >= 15 is 0 Å². The molecule has 2 unspecified atom stereocenters. The summed E-state index contributed by atoms with van der Waals surface area (Å²) >= 11 is 2.09. The molecule has 0 saturated carbocycles. The first kappa shape index (κ1) is 13.8. The van der Waals surface area contributed by atoms with Gasteiger partial charge in [0.15, 0.2) is 0 Å². The van der Waals surface area contributed by atoms with Crippen molar-refractivity contribution in [3.8, 4) is 0 Å². The van der Waals surface area contributed by atoms with Crippen molar-refractivity contribution in [1.82, 2.24) is 0 Å². The lowest BCUT2D eigenvalue weighted by atomic mass is 9.87. The Bertz CT molecular complexity index is 377. The second kappa shape index (κ2) is 5.56. The van der Waals surface area contributed by atoms with Gasteiger partial charge >= 0.3 is 0 Å². The van der Waals surface area contributed by atoms with Gasteiger partial charge in [0, 0.05) is 17.0 Å². The van der Waals surface area contributed by atoms with Crippen LogP contribution in [0, 0.1) is 0 Å². The molecule has 0 radical (unpaired) electrons. The summed E-state index contributed by atoms with van der Waals surface area (Å²) in [6.07, 6.45) is 2.64. The van der Waals surface area contributed by atoms with Crippen LogP contribution in [-0.4, -0.2) is 17.0 Å². The van der Waals surface area contributed by atoms with Crippen molar-refractivity contribution in [3.63, 3.8) is 0 Å². The van der Waals surface area contributed by atoms with Crippen LogP contribution in [0.15, 0.2) is 24.3 Å². The van der Waals surface area contributed by atoms with E-state index in [1.54, 1.807) is 0 Å². The average molecular weight is 263 g/mol. The molecule has 2 atom stereocenters. The van der Waals surface area contributed by atoms with Gasteiger partial charge in [-0.2, -0.15) is 11.8 Å². The summed E-state index contributed by atoms with van der Waals surface area (Å²) in [4.78, 5) is 0. The molecule has 1 fully saturated rings. The summed E-state index contributed by atoms with van der Waals surface area (Å²) in [5.41, 5.74) is 2.91. The number of thioether (sulfide) groups is 1. The molecule has 0 bridgehead atoms. The molecule has 1 aliphatic heterocycles. The topological polar surface area (TPSA) is 12.0 Å². The maximum absolute atomic E-state index is 3.69. The molecule has 0 aliphatic carbocycles. The third kappa shape index (κ3) is 3.44. The highest BCUT2D eigenvalue weighted by Crippen LogP contribution is 2.29. The molecule has 0 spiro atoms. The van der Waals surface area contributed by atoms with Crippen LogP contribution in [-0.2, 0) is 5.41 Å². The third-order valence-corrected chi connectivity index (χ3v) is 5.09. The fourth-order valence-corrected chi connectivity index (χ4v) is 3.53. The van der Waals surface area contributed by atoms with Crippen LogP contribution in [0.1, 0.15) is 46.1 Å². The summed E-state index contributed by atoms with van der Waals surface area (Å²) < 4.78 is 0. The number of nitrogens with one attached hydrogen (secondary N) is 1. The predicted octanol–water partition coefficient (Wildman–Crippen LogP) is 4.68. The van der Waals surface area contributed by atoms with Gasteiger partial charge in [0.2, 0.25) is 0 Å². The average Bonchev–Trinajstić information content (AvgIpc) is 2.32. The Hall–Kier alpha value is -0.630. The number of benzene rings is 1. The SMILES string of the molecule is CC1SCCCC1Nc1ccc(C(C)(C)C)cc1. The quantitative estimate of drug-likeness (QED) is 0.831. The van der Waals surface area contributed by atoms with E-state index in [-0.39, 0.29) is 5.41 Å². The lowest BCUT2D eigenvalue weighted by molar-refractivity contribution is 0.590. The molecule has 0 aromatic heterocycles. The van der Waals surface area contributed by atoms with Crippen molar-refractivity contribution < 1.29 is 0 Å². The largest absolute Gasteiger partial charge is 0.381 e. The molecule has 18 heavy (non-hydrogen) atoms. The zero-order valence-corrected chi connectivity index (χ0v) is 12.8. The molecule has 1 nitrogen and oxygen atoms in total. The van der Waals surface area contributed by atoms with Crippen LogP contribution < -0.4 is 5.32 Å². The van der Waals surface area contributed by atoms with Gasteiger partial charge in [0.05, 0.1) is 0 Å². The smallest absolute Gasteiger partial charge is 0.0377 e. The van der Waals surface area contributed by atoms with Gasteiger partial charge in [-0.1, -0.05) is 39.8 Å². The van der Waals surface area contributed by atoms with Gasteiger partial charge in [-0.05, 0) is 41.7 Å². The van der Waals surface area contributed by atoms with Crippen LogP contribution in [0.3, 0.4) is 0 Å². The Kier molecular flexibility index (Phi) is 4.26. The molecule has 2 heteroatoms. The molecular weight excluding hydrogens is 238 g/mol. The van der Waals surface area contributed by atoms with Gasteiger partial charge in [-0.3, -0.25) is 0 Å². The molecule has 1 aromatic carbocycles. The zero-order valence-electron chi connectivity index (χ0n) is 12.0. The van der Waals surface area contributed by atoms with Crippen LogP contribution in [0.5, 0.6) is 0 Å². The van der Waals surface area contributed by atoms with E-state index < -0.39 is 0 Å². The number of rotatable bonds is 2.